The minimum absolute atomic E-state index is 0.739. The molecule has 0 spiro atoms. The summed E-state index contributed by atoms with van der Waals surface area (Å²) in [6.45, 7) is 0. The van der Waals surface area contributed by atoms with Crippen molar-refractivity contribution in [1.82, 2.24) is 0 Å². The molecule has 30 heavy (non-hydrogen) atoms. The molecule has 2 nitrogen and oxygen atoms in total. The van der Waals surface area contributed by atoms with Gasteiger partial charge in [-0.05, 0) is 12.1 Å². The minimum Gasteiger partial charge on any atom is -0.420 e. The van der Waals surface area contributed by atoms with Crippen LogP contribution in [0.3, 0.4) is 0 Å². The van der Waals surface area contributed by atoms with Gasteiger partial charge in [0, 0.05) is 0 Å². The first kappa shape index (κ1) is 25.8. The van der Waals surface area contributed by atoms with E-state index in [0.29, 0.717) is 0 Å². The number of esters is 1. The monoisotopic (exact) mass is 468 g/mol. The lowest BCUT2D eigenvalue weighted by Gasteiger charge is -2.38. The Bertz CT molecular complexity index is 723. The zero-order valence-electron chi connectivity index (χ0n) is 13.9. The normalized spacial score (nSPS) is 16.9. The van der Waals surface area contributed by atoms with Crippen LogP contribution in [0.5, 0.6) is 0 Å². The number of ether oxygens (including phenoxy) is 1. The predicted molar refractivity (Wildman–Crippen MR) is 72.3 cm³/mol. The maximum absolute atomic E-state index is 13.5. The van der Waals surface area contributed by atoms with Crippen molar-refractivity contribution >= 4 is 5.97 Å². The lowest BCUT2D eigenvalue weighted by Crippen LogP contribution is -2.68. The van der Waals surface area contributed by atoms with E-state index >= 15 is 0 Å². The fraction of sp³-hybridized carbons (Fsp3) is 0.533. The summed E-state index contributed by atoms with van der Waals surface area (Å²) in [5, 5.41) is 0. The summed E-state index contributed by atoms with van der Waals surface area (Å²) in [6, 6.07) is 4.94. The first-order chi connectivity index (χ1) is 13.4. The quantitative estimate of drug-likeness (QED) is 0.348. The van der Waals surface area contributed by atoms with Crippen molar-refractivity contribution < 1.29 is 66.6 Å². The molecule has 172 valence electrons. The van der Waals surface area contributed by atoms with E-state index in [1.165, 1.54) is 6.07 Å². The SMILES string of the molecule is O=C(OC(F)C(F)(F)C(F)(F)C(F)(F)C(F)(F)C(F)C(F)C(F)F)c1ccccc1. The maximum atomic E-state index is 13.5. The first-order valence-electron chi connectivity index (χ1n) is 7.40. The molecule has 0 N–H and O–H groups in total. The third-order valence-corrected chi connectivity index (χ3v) is 3.60. The molecule has 1 aromatic carbocycles. The van der Waals surface area contributed by atoms with Crippen molar-refractivity contribution in [3.05, 3.63) is 35.9 Å². The third-order valence-electron chi connectivity index (χ3n) is 3.60. The van der Waals surface area contributed by atoms with E-state index in [1.807, 2.05) is 0 Å². The molecule has 0 aliphatic rings. The van der Waals surface area contributed by atoms with Gasteiger partial charge in [0.1, 0.15) is 0 Å². The summed E-state index contributed by atoms with van der Waals surface area (Å²) in [6.07, 6.45) is -19.8. The second-order valence-corrected chi connectivity index (χ2v) is 5.66. The van der Waals surface area contributed by atoms with E-state index in [9.17, 15) is 61.9 Å². The van der Waals surface area contributed by atoms with Crippen molar-refractivity contribution in [2.24, 2.45) is 0 Å². The van der Waals surface area contributed by atoms with E-state index in [1.54, 1.807) is 0 Å². The van der Waals surface area contributed by atoms with E-state index < -0.39 is 60.3 Å². The van der Waals surface area contributed by atoms with Gasteiger partial charge in [-0.25, -0.2) is 22.4 Å². The van der Waals surface area contributed by atoms with Crippen LogP contribution in [-0.2, 0) is 4.74 Å². The molecule has 0 aliphatic heterocycles. The van der Waals surface area contributed by atoms with Crippen molar-refractivity contribution in [2.45, 2.75) is 48.8 Å². The van der Waals surface area contributed by atoms with E-state index in [4.69, 9.17) is 0 Å². The van der Waals surface area contributed by atoms with Gasteiger partial charge in [-0.15, -0.1) is 0 Å². The topological polar surface area (TPSA) is 26.3 Å². The number of carbonyl (C=O) groups is 1. The minimum atomic E-state index is -7.61. The fourth-order valence-corrected chi connectivity index (χ4v) is 1.87. The molecule has 0 saturated heterocycles. The second-order valence-electron chi connectivity index (χ2n) is 5.66. The van der Waals surface area contributed by atoms with Gasteiger partial charge in [0.25, 0.3) is 6.43 Å². The average molecular weight is 468 g/mol. The van der Waals surface area contributed by atoms with Crippen molar-refractivity contribution in [3.8, 4) is 0 Å². The van der Waals surface area contributed by atoms with Gasteiger partial charge in [0.2, 0.25) is 6.17 Å². The van der Waals surface area contributed by atoms with Crippen molar-refractivity contribution in [2.75, 3.05) is 0 Å². The number of halogens is 13. The zero-order chi connectivity index (χ0) is 23.7. The highest BCUT2D eigenvalue weighted by atomic mass is 19.4. The third kappa shape index (κ3) is 4.29. The summed E-state index contributed by atoms with van der Waals surface area (Å²) in [7, 11) is 0. The number of benzene rings is 1. The van der Waals surface area contributed by atoms with Crippen molar-refractivity contribution in [3.63, 3.8) is 0 Å². The first-order valence-corrected chi connectivity index (χ1v) is 7.40. The molecule has 3 atom stereocenters. The Labute approximate surface area is 158 Å². The van der Waals surface area contributed by atoms with Gasteiger partial charge in [0.05, 0.1) is 5.56 Å². The molecule has 0 aliphatic carbocycles. The number of hydrogen-bond donors (Lipinski definition) is 0. The number of rotatable bonds is 9. The summed E-state index contributed by atoms with van der Waals surface area (Å²) in [5.74, 6) is -31.3. The van der Waals surface area contributed by atoms with Gasteiger partial charge >= 0.3 is 36.0 Å². The highest BCUT2D eigenvalue weighted by Gasteiger charge is 2.85. The molecule has 15 heteroatoms. The summed E-state index contributed by atoms with van der Waals surface area (Å²) < 4.78 is 174. The molecular formula is C15H9F13O2. The van der Waals surface area contributed by atoms with Crippen LogP contribution in [0.15, 0.2) is 30.3 Å². The molecule has 0 fully saturated rings. The van der Waals surface area contributed by atoms with Crippen LogP contribution in [0.25, 0.3) is 0 Å². The predicted octanol–water partition coefficient (Wildman–Crippen LogP) is 5.62. The van der Waals surface area contributed by atoms with E-state index in [-0.39, 0.29) is 0 Å². The Kier molecular flexibility index (Phi) is 7.31. The maximum Gasteiger partial charge on any atom is 0.385 e. The smallest absolute Gasteiger partial charge is 0.385 e. The summed E-state index contributed by atoms with van der Waals surface area (Å²) >= 11 is 0. The van der Waals surface area contributed by atoms with E-state index in [2.05, 4.69) is 4.74 Å². The Morgan fingerprint density at radius 1 is 0.733 bits per heavy atom. The molecule has 0 bridgehead atoms. The van der Waals surface area contributed by atoms with Gasteiger partial charge in [-0.2, -0.15) is 39.5 Å². The van der Waals surface area contributed by atoms with Crippen LogP contribution in [0.4, 0.5) is 57.1 Å². The van der Waals surface area contributed by atoms with Gasteiger partial charge in [-0.3, -0.25) is 0 Å². The standard InChI is InChI=1S/C15H9F13O2/c16-7(9(18)19)8(17)12(21,22)14(25,26)15(27,28)13(23,24)11(20)30-10(29)6-4-2-1-3-5-6/h1-5,7-9,11H. The average Bonchev–Trinajstić information content (AvgIpc) is 2.66. The highest BCUT2D eigenvalue weighted by Crippen LogP contribution is 2.56. The number of alkyl halides is 13. The highest BCUT2D eigenvalue weighted by molar-refractivity contribution is 5.89. The van der Waals surface area contributed by atoms with Crippen LogP contribution < -0.4 is 0 Å². The van der Waals surface area contributed by atoms with E-state index in [0.717, 1.165) is 24.3 Å². The molecule has 0 aromatic heterocycles. The molecule has 0 radical (unpaired) electrons. The molecule has 3 unspecified atom stereocenters. The van der Waals surface area contributed by atoms with Gasteiger partial charge in [0.15, 0.2) is 6.17 Å². The summed E-state index contributed by atoms with van der Waals surface area (Å²) in [5.41, 5.74) is -0.739. The Morgan fingerprint density at radius 2 is 1.17 bits per heavy atom. The number of carbonyl (C=O) groups excluding carboxylic acids is 1. The fourth-order valence-electron chi connectivity index (χ4n) is 1.87. The van der Waals surface area contributed by atoms with Crippen molar-refractivity contribution in [1.29, 1.82) is 0 Å². The largest absolute Gasteiger partial charge is 0.420 e. The summed E-state index contributed by atoms with van der Waals surface area (Å²) in [4.78, 5) is 11.4. The van der Waals surface area contributed by atoms with Gasteiger partial charge < -0.3 is 4.74 Å². The number of hydrogen-bond acceptors (Lipinski definition) is 2. The lowest BCUT2D eigenvalue weighted by molar-refractivity contribution is -0.398. The lowest BCUT2D eigenvalue weighted by atomic mass is 9.93. The molecule has 1 aromatic rings. The second kappa shape index (κ2) is 8.49. The van der Waals surface area contributed by atoms with Crippen LogP contribution in [0.2, 0.25) is 0 Å². The molecular weight excluding hydrogens is 459 g/mol. The molecule has 0 saturated carbocycles. The van der Waals surface area contributed by atoms with Crippen LogP contribution in [0.1, 0.15) is 10.4 Å². The Balaban J connectivity index is 3.22. The van der Waals surface area contributed by atoms with Crippen LogP contribution >= 0.6 is 0 Å². The molecule has 0 amide bonds. The van der Waals surface area contributed by atoms with Gasteiger partial charge in [-0.1, -0.05) is 18.2 Å². The molecule has 0 heterocycles. The zero-order valence-corrected chi connectivity index (χ0v) is 13.9. The molecule has 1 rings (SSSR count). The van der Waals surface area contributed by atoms with Crippen LogP contribution in [0, 0.1) is 0 Å². The Morgan fingerprint density at radius 3 is 1.60 bits per heavy atom. The van der Waals surface area contributed by atoms with Crippen LogP contribution in [-0.4, -0.2) is 54.8 Å². The Hall–Kier alpha value is -2.22.